The van der Waals surface area contributed by atoms with E-state index >= 15 is 0 Å². The molecule has 6 heteroatoms. The van der Waals surface area contributed by atoms with Crippen molar-refractivity contribution in [2.75, 3.05) is 5.32 Å². The number of hydrogen-bond acceptors (Lipinski definition) is 3. The molecule has 1 amide bonds. The summed E-state index contributed by atoms with van der Waals surface area (Å²) >= 11 is 0. The topological polar surface area (TPSA) is 64.0 Å². The van der Waals surface area contributed by atoms with E-state index in [0.29, 0.717) is 28.8 Å². The van der Waals surface area contributed by atoms with Crippen molar-refractivity contribution >= 4 is 22.4 Å². The Labute approximate surface area is 192 Å². The standard InChI is InChI=1S/C26H31N3O2S/c1-19-25(20(2)29(28-19)17-21-10-5-3-6-11-21)26(30)27-23-13-9-12-22(16-23)18-32(31)24-14-7-4-8-15-24/h3,5-6,9-13,16,24H,4,7-8,14-15,17-18H2,1-2H3,(H,27,30). The number of rotatable bonds is 7. The number of nitrogens with zero attached hydrogens (tertiary/aromatic N) is 2. The van der Waals surface area contributed by atoms with E-state index in [2.05, 4.69) is 22.5 Å². The van der Waals surface area contributed by atoms with E-state index in [1.165, 1.54) is 19.3 Å². The fourth-order valence-corrected chi connectivity index (χ4v) is 6.08. The van der Waals surface area contributed by atoms with Crippen molar-refractivity contribution in [3.63, 3.8) is 0 Å². The second-order valence-electron chi connectivity index (χ2n) is 8.63. The molecule has 1 saturated carbocycles. The first-order valence-corrected chi connectivity index (χ1v) is 12.7. The summed E-state index contributed by atoms with van der Waals surface area (Å²) in [5.41, 5.74) is 5.03. The van der Waals surface area contributed by atoms with E-state index in [4.69, 9.17) is 0 Å². The molecule has 4 rings (SSSR count). The lowest BCUT2D eigenvalue weighted by Gasteiger charge is -2.21. The number of hydrogen-bond donors (Lipinski definition) is 1. The van der Waals surface area contributed by atoms with Crippen LogP contribution in [0.3, 0.4) is 0 Å². The van der Waals surface area contributed by atoms with Crippen molar-refractivity contribution in [3.05, 3.63) is 82.7 Å². The van der Waals surface area contributed by atoms with Crippen LogP contribution >= 0.6 is 0 Å². The molecular weight excluding hydrogens is 418 g/mol. The SMILES string of the molecule is Cc1nn(Cc2ccccc2)c(C)c1C(=O)Nc1cccc(CS(=O)C2CCCCC2)c1. The summed E-state index contributed by atoms with van der Waals surface area (Å²) in [7, 11) is -0.864. The van der Waals surface area contributed by atoms with Gasteiger partial charge in [-0.1, -0.05) is 61.7 Å². The summed E-state index contributed by atoms with van der Waals surface area (Å²) < 4.78 is 14.7. The molecule has 1 N–H and O–H groups in total. The van der Waals surface area contributed by atoms with E-state index in [9.17, 15) is 9.00 Å². The molecule has 0 aliphatic heterocycles. The van der Waals surface area contributed by atoms with Gasteiger partial charge in [-0.15, -0.1) is 0 Å². The van der Waals surface area contributed by atoms with Crippen molar-refractivity contribution in [1.29, 1.82) is 0 Å². The molecule has 1 aliphatic rings. The summed E-state index contributed by atoms with van der Waals surface area (Å²) in [5, 5.41) is 7.92. The number of nitrogens with one attached hydrogen (secondary N) is 1. The van der Waals surface area contributed by atoms with Crippen molar-refractivity contribution in [3.8, 4) is 0 Å². The van der Waals surface area contributed by atoms with Crippen LogP contribution in [-0.4, -0.2) is 25.1 Å². The first-order valence-electron chi connectivity index (χ1n) is 11.4. The Morgan fingerprint density at radius 3 is 2.50 bits per heavy atom. The highest BCUT2D eigenvalue weighted by molar-refractivity contribution is 7.84. The molecule has 0 spiro atoms. The molecule has 1 aliphatic carbocycles. The summed E-state index contributed by atoms with van der Waals surface area (Å²) in [6, 6.07) is 17.8. The van der Waals surface area contributed by atoms with Crippen LogP contribution in [0, 0.1) is 13.8 Å². The number of aromatic nitrogens is 2. The van der Waals surface area contributed by atoms with E-state index in [1.54, 1.807) is 0 Å². The Hall–Kier alpha value is -2.73. The van der Waals surface area contributed by atoms with E-state index in [1.807, 2.05) is 61.0 Å². The minimum Gasteiger partial charge on any atom is -0.322 e. The molecule has 1 unspecified atom stereocenters. The van der Waals surface area contributed by atoms with Crippen LogP contribution in [0.1, 0.15) is 65.0 Å². The maximum atomic E-state index is 13.1. The van der Waals surface area contributed by atoms with Gasteiger partial charge >= 0.3 is 0 Å². The molecule has 0 saturated heterocycles. The predicted octanol–water partition coefficient (Wildman–Crippen LogP) is 5.38. The predicted molar refractivity (Wildman–Crippen MR) is 130 cm³/mol. The van der Waals surface area contributed by atoms with Gasteiger partial charge in [-0.2, -0.15) is 5.10 Å². The molecule has 1 aromatic heterocycles. The molecule has 5 nitrogen and oxygen atoms in total. The molecule has 0 bridgehead atoms. The Morgan fingerprint density at radius 2 is 1.75 bits per heavy atom. The lowest BCUT2D eigenvalue weighted by Crippen LogP contribution is -2.20. The quantitative estimate of drug-likeness (QED) is 0.527. The molecule has 2 aromatic carbocycles. The molecule has 168 valence electrons. The summed E-state index contributed by atoms with van der Waals surface area (Å²) in [6.45, 7) is 4.43. The first kappa shape index (κ1) is 22.5. The van der Waals surface area contributed by atoms with E-state index in [-0.39, 0.29) is 5.91 Å². The molecular formula is C26H31N3O2S. The smallest absolute Gasteiger partial charge is 0.259 e. The van der Waals surface area contributed by atoms with E-state index < -0.39 is 10.8 Å². The maximum Gasteiger partial charge on any atom is 0.259 e. The van der Waals surface area contributed by atoms with Crippen LogP contribution in [0.5, 0.6) is 0 Å². The van der Waals surface area contributed by atoms with Gasteiger partial charge in [0.2, 0.25) is 0 Å². The number of benzene rings is 2. The average Bonchev–Trinajstić information content (AvgIpc) is 3.08. The third-order valence-electron chi connectivity index (χ3n) is 6.20. The normalized spacial score (nSPS) is 15.4. The number of aryl methyl sites for hydroxylation is 1. The van der Waals surface area contributed by atoms with Crippen molar-refractivity contribution in [2.45, 2.75) is 63.5 Å². The highest BCUT2D eigenvalue weighted by Crippen LogP contribution is 2.25. The van der Waals surface area contributed by atoms with Crippen LogP contribution in [0.2, 0.25) is 0 Å². The molecule has 1 heterocycles. The van der Waals surface area contributed by atoms with Gasteiger partial charge in [0.05, 0.1) is 17.8 Å². The minimum absolute atomic E-state index is 0.162. The zero-order valence-corrected chi connectivity index (χ0v) is 19.7. The largest absolute Gasteiger partial charge is 0.322 e. The van der Waals surface area contributed by atoms with Crippen molar-refractivity contribution in [1.82, 2.24) is 9.78 Å². The van der Waals surface area contributed by atoms with Crippen molar-refractivity contribution in [2.24, 2.45) is 0 Å². The Balaban J connectivity index is 1.45. The third-order valence-corrected chi connectivity index (χ3v) is 8.03. The number of anilines is 1. The van der Waals surface area contributed by atoms with Gasteiger partial charge < -0.3 is 5.32 Å². The minimum atomic E-state index is -0.864. The van der Waals surface area contributed by atoms with Gasteiger partial charge in [0.15, 0.2) is 0 Å². The fourth-order valence-electron chi connectivity index (χ4n) is 4.48. The average molecular weight is 450 g/mol. The molecule has 0 radical (unpaired) electrons. The van der Waals surface area contributed by atoms with Crippen LogP contribution in [-0.2, 0) is 23.1 Å². The van der Waals surface area contributed by atoms with Crippen LogP contribution in [0.25, 0.3) is 0 Å². The van der Waals surface area contributed by atoms with E-state index in [0.717, 1.165) is 35.3 Å². The van der Waals surface area contributed by atoms with Crippen LogP contribution in [0.4, 0.5) is 5.69 Å². The summed E-state index contributed by atoms with van der Waals surface area (Å²) in [6.07, 6.45) is 5.76. The lowest BCUT2D eigenvalue weighted by atomic mass is 10.0. The molecule has 1 fully saturated rings. The zero-order valence-electron chi connectivity index (χ0n) is 18.8. The number of carbonyl (C=O) groups is 1. The van der Waals surface area contributed by atoms with Gasteiger partial charge in [0, 0.05) is 33.2 Å². The summed E-state index contributed by atoms with van der Waals surface area (Å²) in [5.74, 6) is 0.381. The molecule has 32 heavy (non-hydrogen) atoms. The lowest BCUT2D eigenvalue weighted by molar-refractivity contribution is 0.102. The van der Waals surface area contributed by atoms with Gasteiger partial charge in [-0.25, -0.2) is 0 Å². The Kier molecular flexibility index (Phi) is 7.20. The maximum absolute atomic E-state index is 13.1. The van der Waals surface area contributed by atoms with Gasteiger partial charge in [0.1, 0.15) is 0 Å². The van der Waals surface area contributed by atoms with Gasteiger partial charge in [0.25, 0.3) is 5.91 Å². The van der Waals surface area contributed by atoms with Gasteiger partial charge in [-0.3, -0.25) is 13.7 Å². The second-order valence-corrected chi connectivity index (χ2v) is 10.3. The van der Waals surface area contributed by atoms with Crippen LogP contribution in [0.15, 0.2) is 54.6 Å². The molecule has 1 atom stereocenters. The number of carbonyl (C=O) groups excluding carboxylic acids is 1. The highest BCUT2D eigenvalue weighted by atomic mass is 32.2. The molecule has 3 aromatic rings. The fraction of sp³-hybridized carbons (Fsp3) is 0.385. The third kappa shape index (κ3) is 5.36. The highest BCUT2D eigenvalue weighted by Gasteiger charge is 2.21. The zero-order chi connectivity index (χ0) is 22.5. The van der Waals surface area contributed by atoms with Gasteiger partial charge in [-0.05, 0) is 49.9 Å². The summed E-state index contributed by atoms with van der Waals surface area (Å²) in [4.78, 5) is 13.1. The second kappa shape index (κ2) is 10.3. The first-order chi connectivity index (χ1) is 15.5. The van der Waals surface area contributed by atoms with Crippen LogP contribution < -0.4 is 5.32 Å². The monoisotopic (exact) mass is 449 g/mol. The Morgan fingerprint density at radius 1 is 1.03 bits per heavy atom. The number of amides is 1. The Bertz CT molecular complexity index is 1100. The van der Waals surface area contributed by atoms with Crippen molar-refractivity contribution < 1.29 is 9.00 Å².